The molecule has 0 fully saturated rings. The van der Waals surface area contributed by atoms with Crippen LogP contribution in [0.25, 0.3) is 0 Å². The number of hydrogen-bond acceptors (Lipinski definition) is 3. The van der Waals surface area contributed by atoms with E-state index in [-0.39, 0.29) is 0 Å². The highest BCUT2D eigenvalue weighted by Crippen LogP contribution is 2.28. The van der Waals surface area contributed by atoms with Gasteiger partial charge in [-0.1, -0.05) is 66.7 Å². The second kappa shape index (κ2) is 15.2. The first-order valence-corrected chi connectivity index (χ1v) is 13.5. The van der Waals surface area contributed by atoms with Crippen molar-refractivity contribution < 1.29 is 11.1 Å². The minimum Gasteiger partial charge on any atom is -0.498 e. The fourth-order valence-corrected chi connectivity index (χ4v) is 10.8. The van der Waals surface area contributed by atoms with Crippen molar-refractivity contribution >= 4 is 23.5 Å². The predicted octanol–water partition coefficient (Wildman–Crippen LogP) is 5.80. The fraction of sp³-hybridized carbons (Fsp3) is 1.00. The molecule has 0 aromatic heterocycles. The largest absolute Gasteiger partial charge is 0.894 e. The summed E-state index contributed by atoms with van der Waals surface area (Å²) in [6, 6.07) is 3.77. The standard InChI is InChI=1S/C9H21OSi.2C4H9O.Al/c1-4-7-11(10,8-5-2)9-6-3;2*1-2-3-4-5;/h4-9H2,1-3H3;2*2-4H2,1H3;/q3*-1;+3. The van der Waals surface area contributed by atoms with Gasteiger partial charge in [-0.15, -0.1) is 0 Å². The normalized spacial score (nSPS) is 11.9. The van der Waals surface area contributed by atoms with Crippen LogP contribution in [0.2, 0.25) is 18.1 Å². The zero-order valence-corrected chi connectivity index (χ0v) is 17.9. The van der Waals surface area contributed by atoms with Crippen LogP contribution in [-0.4, -0.2) is 36.7 Å². The van der Waals surface area contributed by atoms with Gasteiger partial charge in [-0.25, -0.2) is 0 Å². The van der Waals surface area contributed by atoms with Gasteiger partial charge in [-0.05, 0) is 31.0 Å². The van der Waals surface area contributed by atoms with Crippen LogP contribution in [0.1, 0.15) is 79.6 Å². The molecule has 0 radical (unpaired) electrons. The minimum absolute atomic E-state index is 0.800. The molecule has 0 aliphatic rings. The topological polar surface area (TPSA) is 27.7 Å². The van der Waals surface area contributed by atoms with Gasteiger partial charge in [0.15, 0.2) is 8.32 Å². The molecule has 0 bridgehead atoms. The van der Waals surface area contributed by atoms with Crippen molar-refractivity contribution in [2.45, 2.75) is 97.7 Å². The lowest BCUT2D eigenvalue weighted by Crippen LogP contribution is -2.46. The molecule has 5 heteroatoms. The summed E-state index contributed by atoms with van der Waals surface area (Å²) >= 11 is -1.96. The first kappa shape index (κ1) is 22.6. The summed E-state index contributed by atoms with van der Waals surface area (Å²) in [7, 11) is -1.67. The van der Waals surface area contributed by atoms with Crippen LogP contribution in [-0.2, 0) is 11.1 Å². The molecule has 0 rings (SSSR count). The highest BCUT2D eigenvalue weighted by Gasteiger charge is 2.42. The van der Waals surface area contributed by atoms with E-state index in [0.717, 1.165) is 38.9 Å². The van der Waals surface area contributed by atoms with Gasteiger partial charge in [-0.3, -0.25) is 0 Å². The quantitative estimate of drug-likeness (QED) is 0.261. The highest BCUT2D eigenvalue weighted by molar-refractivity contribution is 6.78. The second-order valence-electron chi connectivity index (χ2n) is 6.29. The minimum atomic E-state index is -1.96. The van der Waals surface area contributed by atoms with E-state index >= 15 is 0 Å². The molecule has 3 nitrogen and oxygen atoms in total. The van der Waals surface area contributed by atoms with Gasteiger partial charge in [0.05, 0.1) is 0 Å². The van der Waals surface area contributed by atoms with Crippen molar-refractivity contribution in [2.24, 2.45) is 0 Å². The van der Waals surface area contributed by atoms with Crippen LogP contribution < -0.4 is 0 Å². The summed E-state index contributed by atoms with van der Waals surface area (Å²) in [5.41, 5.74) is 0. The highest BCUT2D eigenvalue weighted by atomic mass is 28.4. The Balaban J connectivity index is 4.72. The van der Waals surface area contributed by atoms with E-state index in [1.54, 1.807) is 0 Å². The van der Waals surface area contributed by atoms with Crippen LogP contribution in [0.3, 0.4) is 0 Å². The molecule has 0 atom stereocenters. The Bertz CT molecular complexity index is 215. The van der Waals surface area contributed by atoms with Crippen LogP contribution in [0, 0.1) is 0 Å². The molecule has 0 saturated carbocycles. The van der Waals surface area contributed by atoms with E-state index in [2.05, 4.69) is 34.6 Å². The van der Waals surface area contributed by atoms with E-state index in [9.17, 15) is 0 Å². The second-order valence-corrected chi connectivity index (χ2v) is 12.3. The van der Waals surface area contributed by atoms with Gasteiger partial charge in [0.1, 0.15) is 0 Å². The Morgan fingerprint density at radius 2 is 1.05 bits per heavy atom. The first-order chi connectivity index (χ1) is 10.7. The Morgan fingerprint density at radius 3 is 1.36 bits per heavy atom. The summed E-state index contributed by atoms with van der Waals surface area (Å²) in [6.45, 7) is 12.8. The van der Waals surface area contributed by atoms with E-state index < -0.39 is 23.5 Å². The number of rotatable bonds is 16. The number of unbranched alkanes of at least 4 members (excludes halogenated alkanes) is 2. The SMILES string of the molecule is CCCC[O][Al]([O]CCCC)[O][Si](CCC)(CCC)CCC. The van der Waals surface area contributed by atoms with Gasteiger partial charge in [0, 0.05) is 13.2 Å². The summed E-state index contributed by atoms with van der Waals surface area (Å²) < 4.78 is 18.8. The Labute approximate surface area is 145 Å². The third kappa shape index (κ3) is 10.4. The zero-order chi connectivity index (χ0) is 16.7. The van der Waals surface area contributed by atoms with Crippen LogP contribution >= 0.6 is 0 Å². The van der Waals surface area contributed by atoms with Gasteiger partial charge in [0.25, 0.3) is 0 Å². The third-order valence-electron chi connectivity index (χ3n) is 3.97. The average molecular weight is 347 g/mol. The maximum Gasteiger partial charge on any atom is 0.894 e. The van der Waals surface area contributed by atoms with Crippen molar-refractivity contribution in [3.05, 3.63) is 0 Å². The number of hydrogen-bond donors (Lipinski definition) is 0. The van der Waals surface area contributed by atoms with E-state index in [0.29, 0.717) is 0 Å². The molecule has 0 N–H and O–H groups in total. The third-order valence-corrected chi connectivity index (χ3v) is 12.0. The predicted molar refractivity (Wildman–Crippen MR) is 99.6 cm³/mol. The summed E-state index contributed by atoms with van der Waals surface area (Å²) in [6.07, 6.45) is 8.20. The molecule has 0 saturated heterocycles. The Kier molecular flexibility index (Phi) is 15.6. The van der Waals surface area contributed by atoms with Crippen molar-refractivity contribution in [3.63, 3.8) is 0 Å². The average Bonchev–Trinajstić information content (AvgIpc) is 2.48. The molecule has 0 aliphatic heterocycles. The van der Waals surface area contributed by atoms with Crippen molar-refractivity contribution in [3.8, 4) is 0 Å². The van der Waals surface area contributed by atoms with Crippen molar-refractivity contribution in [1.29, 1.82) is 0 Å². The molecule has 0 spiro atoms. The molecular weight excluding hydrogens is 307 g/mol. The molecular formula is C17H39AlO3Si. The van der Waals surface area contributed by atoms with Crippen molar-refractivity contribution in [1.82, 2.24) is 0 Å². The van der Waals surface area contributed by atoms with E-state index in [1.807, 2.05) is 0 Å². The van der Waals surface area contributed by atoms with E-state index in [4.69, 9.17) is 11.1 Å². The monoisotopic (exact) mass is 346 g/mol. The van der Waals surface area contributed by atoms with Crippen LogP contribution in [0.5, 0.6) is 0 Å². The lowest BCUT2D eigenvalue weighted by Gasteiger charge is -2.34. The molecule has 22 heavy (non-hydrogen) atoms. The lowest BCUT2D eigenvalue weighted by molar-refractivity contribution is 0.133. The van der Waals surface area contributed by atoms with Crippen LogP contribution in [0.15, 0.2) is 0 Å². The van der Waals surface area contributed by atoms with Crippen LogP contribution in [0.4, 0.5) is 0 Å². The summed E-state index contributed by atoms with van der Waals surface area (Å²) in [5, 5.41) is 0. The molecule has 0 heterocycles. The maximum absolute atomic E-state index is 6.69. The molecule has 0 amide bonds. The van der Waals surface area contributed by atoms with E-state index in [1.165, 1.54) is 37.4 Å². The van der Waals surface area contributed by atoms with Crippen molar-refractivity contribution in [2.75, 3.05) is 13.2 Å². The molecule has 0 aliphatic carbocycles. The molecule has 0 unspecified atom stereocenters. The molecule has 0 aromatic rings. The smallest absolute Gasteiger partial charge is 0.498 e. The first-order valence-electron chi connectivity index (χ1n) is 9.58. The zero-order valence-electron chi connectivity index (χ0n) is 15.8. The Hall–Kier alpha value is 0.629. The Morgan fingerprint density at radius 1 is 0.636 bits per heavy atom. The fourth-order valence-electron chi connectivity index (χ4n) is 2.89. The van der Waals surface area contributed by atoms with Gasteiger partial charge in [0.2, 0.25) is 0 Å². The lowest BCUT2D eigenvalue weighted by atomic mass is 10.4. The summed E-state index contributed by atoms with van der Waals surface area (Å²) in [5.74, 6) is 0. The maximum atomic E-state index is 6.69. The van der Waals surface area contributed by atoms with Gasteiger partial charge < -0.3 is 11.1 Å². The van der Waals surface area contributed by atoms with Gasteiger partial charge >= 0.3 is 15.1 Å². The summed E-state index contributed by atoms with van der Waals surface area (Å²) in [4.78, 5) is 0. The molecule has 132 valence electrons. The molecule has 0 aromatic carbocycles. The van der Waals surface area contributed by atoms with Gasteiger partial charge in [-0.2, -0.15) is 0 Å².